The number of nitrogens with two attached hydrogens (primary N) is 1. The molecule has 0 aromatic heterocycles. The zero-order valence-corrected chi connectivity index (χ0v) is 8.41. The number of hydrogen-bond donors (Lipinski definition) is 2. The summed E-state index contributed by atoms with van der Waals surface area (Å²) in [6.07, 6.45) is -0.358. The van der Waals surface area contributed by atoms with E-state index in [4.69, 9.17) is 5.73 Å². The van der Waals surface area contributed by atoms with Crippen molar-refractivity contribution in [2.24, 2.45) is 0 Å². The van der Waals surface area contributed by atoms with Gasteiger partial charge >= 0.3 is 0 Å². The van der Waals surface area contributed by atoms with E-state index < -0.39 is 0 Å². The maximum Gasteiger partial charge on any atom is 0.0578 e. The van der Waals surface area contributed by atoms with Gasteiger partial charge in [-0.3, -0.25) is 0 Å². The van der Waals surface area contributed by atoms with Crippen molar-refractivity contribution >= 4 is 5.69 Å². The van der Waals surface area contributed by atoms with E-state index in [-0.39, 0.29) is 12.0 Å². The summed E-state index contributed by atoms with van der Waals surface area (Å²) in [4.78, 5) is 0. The molecule has 2 unspecified atom stereocenters. The Hall–Kier alpha value is -1.02. The summed E-state index contributed by atoms with van der Waals surface area (Å²) in [5.74, 6) is 0.0983. The number of benzene rings is 1. The molecular weight excluding hydrogens is 162 g/mol. The lowest BCUT2D eigenvalue weighted by Crippen LogP contribution is -2.14. The topological polar surface area (TPSA) is 46.2 Å². The van der Waals surface area contributed by atoms with Gasteiger partial charge in [-0.2, -0.15) is 0 Å². The molecule has 2 heteroatoms. The standard InChI is InChI=1S/C11H17NO/c1-7-5-4-6-10(12)11(7)8(2)9(3)13/h4-6,8-9,13H,12H2,1-3H3. The molecule has 0 fully saturated rings. The molecule has 0 saturated carbocycles. The molecule has 72 valence electrons. The summed E-state index contributed by atoms with van der Waals surface area (Å²) in [6, 6.07) is 5.83. The SMILES string of the molecule is Cc1cccc(N)c1C(C)C(C)O. The van der Waals surface area contributed by atoms with E-state index in [1.165, 1.54) is 0 Å². The van der Waals surface area contributed by atoms with Crippen LogP contribution in [0.1, 0.15) is 30.9 Å². The van der Waals surface area contributed by atoms with Gasteiger partial charge < -0.3 is 10.8 Å². The van der Waals surface area contributed by atoms with Crippen LogP contribution in [0.5, 0.6) is 0 Å². The Balaban J connectivity index is 3.12. The minimum absolute atomic E-state index is 0.0983. The van der Waals surface area contributed by atoms with Crippen molar-refractivity contribution < 1.29 is 5.11 Å². The average molecular weight is 179 g/mol. The molecule has 0 heterocycles. The second-order valence-electron chi connectivity index (χ2n) is 3.61. The molecule has 0 amide bonds. The van der Waals surface area contributed by atoms with Crippen LogP contribution in [-0.4, -0.2) is 11.2 Å². The molecule has 0 radical (unpaired) electrons. The first kappa shape index (κ1) is 10.1. The van der Waals surface area contributed by atoms with E-state index in [2.05, 4.69) is 0 Å². The maximum atomic E-state index is 9.47. The van der Waals surface area contributed by atoms with E-state index in [0.717, 1.165) is 16.8 Å². The molecule has 0 aliphatic rings. The molecular formula is C11H17NO. The molecule has 2 nitrogen and oxygen atoms in total. The minimum atomic E-state index is -0.358. The quantitative estimate of drug-likeness (QED) is 0.683. The largest absolute Gasteiger partial charge is 0.398 e. The summed E-state index contributed by atoms with van der Waals surface area (Å²) in [5, 5.41) is 9.47. The van der Waals surface area contributed by atoms with Crippen molar-refractivity contribution in [3.05, 3.63) is 29.3 Å². The van der Waals surface area contributed by atoms with Crippen LogP contribution in [0.2, 0.25) is 0 Å². The van der Waals surface area contributed by atoms with Crippen LogP contribution in [-0.2, 0) is 0 Å². The van der Waals surface area contributed by atoms with Gasteiger partial charge in [-0.15, -0.1) is 0 Å². The Kier molecular flexibility index (Phi) is 2.94. The second kappa shape index (κ2) is 3.79. The van der Waals surface area contributed by atoms with Gasteiger partial charge in [0.05, 0.1) is 6.10 Å². The van der Waals surface area contributed by atoms with Crippen LogP contribution in [0.15, 0.2) is 18.2 Å². The van der Waals surface area contributed by atoms with Crippen LogP contribution in [0.4, 0.5) is 5.69 Å². The highest BCUT2D eigenvalue weighted by atomic mass is 16.3. The minimum Gasteiger partial charge on any atom is -0.398 e. The smallest absolute Gasteiger partial charge is 0.0578 e. The second-order valence-corrected chi connectivity index (χ2v) is 3.61. The number of aliphatic hydroxyl groups is 1. The van der Waals surface area contributed by atoms with Gasteiger partial charge in [0.25, 0.3) is 0 Å². The summed E-state index contributed by atoms with van der Waals surface area (Å²) >= 11 is 0. The molecule has 1 rings (SSSR count). The van der Waals surface area contributed by atoms with Crippen LogP contribution < -0.4 is 5.73 Å². The molecule has 2 atom stereocenters. The zero-order valence-electron chi connectivity index (χ0n) is 8.41. The number of anilines is 1. The maximum absolute atomic E-state index is 9.47. The van der Waals surface area contributed by atoms with E-state index in [9.17, 15) is 5.11 Å². The fourth-order valence-electron chi connectivity index (χ4n) is 1.57. The molecule has 0 bridgehead atoms. The number of nitrogen functional groups attached to an aromatic ring is 1. The monoisotopic (exact) mass is 179 g/mol. The molecule has 0 aliphatic carbocycles. The highest BCUT2D eigenvalue weighted by Gasteiger charge is 2.15. The fourth-order valence-corrected chi connectivity index (χ4v) is 1.57. The van der Waals surface area contributed by atoms with Gasteiger partial charge in [-0.25, -0.2) is 0 Å². The molecule has 13 heavy (non-hydrogen) atoms. The molecule has 0 aliphatic heterocycles. The lowest BCUT2D eigenvalue weighted by atomic mass is 9.91. The van der Waals surface area contributed by atoms with E-state index in [1.807, 2.05) is 32.0 Å². The Morgan fingerprint density at radius 1 is 1.31 bits per heavy atom. The third-order valence-corrected chi connectivity index (χ3v) is 2.54. The van der Waals surface area contributed by atoms with Gasteiger partial charge in [-0.05, 0) is 31.0 Å². The van der Waals surface area contributed by atoms with Crippen LogP contribution >= 0.6 is 0 Å². The molecule has 3 N–H and O–H groups in total. The van der Waals surface area contributed by atoms with E-state index in [0.29, 0.717) is 0 Å². The van der Waals surface area contributed by atoms with E-state index in [1.54, 1.807) is 6.92 Å². The molecule has 1 aromatic rings. The summed E-state index contributed by atoms with van der Waals surface area (Å²) in [6.45, 7) is 5.80. The van der Waals surface area contributed by atoms with Crippen LogP contribution in [0.25, 0.3) is 0 Å². The van der Waals surface area contributed by atoms with Crippen molar-refractivity contribution in [2.45, 2.75) is 32.8 Å². The fraction of sp³-hybridized carbons (Fsp3) is 0.455. The third kappa shape index (κ3) is 2.01. The summed E-state index contributed by atoms with van der Waals surface area (Å²) in [5.41, 5.74) is 8.83. The Labute approximate surface area is 79.4 Å². The summed E-state index contributed by atoms with van der Waals surface area (Å²) < 4.78 is 0. The molecule has 1 aromatic carbocycles. The number of aliphatic hydroxyl groups excluding tert-OH is 1. The van der Waals surface area contributed by atoms with Gasteiger partial charge in [0.15, 0.2) is 0 Å². The lowest BCUT2D eigenvalue weighted by Gasteiger charge is -2.19. The third-order valence-electron chi connectivity index (χ3n) is 2.54. The average Bonchev–Trinajstić information content (AvgIpc) is 2.03. The van der Waals surface area contributed by atoms with Gasteiger partial charge in [0.2, 0.25) is 0 Å². The van der Waals surface area contributed by atoms with Crippen LogP contribution in [0.3, 0.4) is 0 Å². The zero-order chi connectivity index (χ0) is 10.0. The first-order chi connectivity index (χ1) is 6.04. The Morgan fingerprint density at radius 3 is 2.38 bits per heavy atom. The van der Waals surface area contributed by atoms with Crippen LogP contribution in [0, 0.1) is 6.92 Å². The first-order valence-electron chi connectivity index (χ1n) is 4.57. The highest BCUT2D eigenvalue weighted by Crippen LogP contribution is 2.27. The van der Waals surface area contributed by atoms with Crippen molar-refractivity contribution in [3.63, 3.8) is 0 Å². The van der Waals surface area contributed by atoms with Gasteiger partial charge in [0.1, 0.15) is 0 Å². The number of rotatable bonds is 2. The van der Waals surface area contributed by atoms with Crippen molar-refractivity contribution in [1.29, 1.82) is 0 Å². The Morgan fingerprint density at radius 2 is 1.92 bits per heavy atom. The van der Waals surface area contributed by atoms with Gasteiger partial charge in [0, 0.05) is 11.6 Å². The highest BCUT2D eigenvalue weighted by molar-refractivity contribution is 5.52. The predicted octanol–water partition coefficient (Wildman–Crippen LogP) is 2.06. The lowest BCUT2D eigenvalue weighted by molar-refractivity contribution is 0.169. The van der Waals surface area contributed by atoms with Crippen molar-refractivity contribution in [1.82, 2.24) is 0 Å². The van der Waals surface area contributed by atoms with Crippen molar-refractivity contribution in [2.75, 3.05) is 5.73 Å². The first-order valence-corrected chi connectivity index (χ1v) is 4.57. The van der Waals surface area contributed by atoms with E-state index >= 15 is 0 Å². The van der Waals surface area contributed by atoms with Crippen molar-refractivity contribution in [3.8, 4) is 0 Å². The number of hydrogen-bond acceptors (Lipinski definition) is 2. The normalized spacial score (nSPS) is 15.4. The molecule has 0 spiro atoms. The number of aryl methyl sites for hydroxylation is 1. The summed E-state index contributed by atoms with van der Waals surface area (Å²) in [7, 11) is 0. The predicted molar refractivity (Wildman–Crippen MR) is 55.7 cm³/mol. The van der Waals surface area contributed by atoms with Gasteiger partial charge in [-0.1, -0.05) is 19.1 Å². The Bertz CT molecular complexity index is 274. The molecule has 0 saturated heterocycles.